The molecule has 1 unspecified atom stereocenters. The first-order chi connectivity index (χ1) is 12.2. The van der Waals surface area contributed by atoms with Crippen LogP contribution in [0.5, 0.6) is 0 Å². The van der Waals surface area contributed by atoms with Crippen molar-refractivity contribution in [3.8, 4) is 0 Å². The fourth-order valence-corrected chi connectivity index (χ4v) is 3.89. The van der Waals surface area contributed by atoms with Gasteiger partial charge in [-0.05, 0) is 49.6 Å². The first-order valence-corrected chi connectivity index (χ1v) is 11.0. The Labute approximate surface area is 156 Å². The van der Waals surface area contributed by atoms with Crippen molar-refractivity contribution in [2.24, 2.45) is 5.92 Å². The molecule has 2 amide bonds. The van der Waals surface area contributed by atoms with Gasteiger partial charge in [0, 0.05) is 12.2 Å². The van der Waals surface area contributed by atoms with E-state index in [-0.39, 0.29) is 28.7 Å². The third kappa shape index (κ3) is 4.50. The van der Waals surface area contributed by atoms with Crippen LogP contribution in [0.1, 0.15) is 41.0 Å². The monoisotopic (exact) mass is 392 g/mol. The Morgan fingerprint density at radius 2 is 1.77 bits per heavy atom. The van der Waals surface area contributed by atoms with Gasteiger partial charge in [0.15, 0.2) is 9.84 Å². The van der Waals surface area contributed by atoms with Gasteiger partial charge in [-0.25, -0.2) is 8.42 Å². The number of rotatable bonds is 6. The minimum absolute atomic E-state index is 0.0122. The van der Waals surface area contributed by atoms with Gasteiger partial charge in [0.05, 0.1) is 20.8 Å². The van der Waals surface area contributed by atoms with Crippen molar-refractivity contribution >= 4 is 38.0 Å². The van der Waals surface area contributed by atoms with Crippen molar-refractivity contribution in [1.29, 1.82) is 0 Å². The topological polar surface area (TPSA) is 92.3 Å². The highest BCUT2D eigenvalue weighted by molar-refractivity contribution is 7.90. The molecule has 0 radical (unpaired) electrons. The number of hydrogen-bond acceptors (Lipinski definition) is 5. The molecular weight excluding hydrogens is 372 g/mol. The van der Waals surface area contributed by atoms with Gasteiger partial charge in [-0.1, -0.05) is 12.1 Å². The predicted octanol–water partition coefficient (Wildman–Crippen LogP) is 2.99. The van der Waals surface area contributed by atoms with E-state index in [1.807, 2.05) is 6.92 Å². The van der Waals surface area contributed by atoms with Crippen LogP contribution in [0.4, 0.5) is 5.00 Å². The van der Waals surface area contributed by atoms with Gasteiger partial charge in [-0.15, -0.1) is 11.3 Å². The second kappa shape index (κ2) is 7.20. The Hall–Kier alpha value is -2.19. The molecule has 0 spiro atoms. The lowest BCUT2D eigenvalue weighted by Gasteiger charge is -2.14. The van der Waals surface area contributed by atoms with Crippen LogP contribution in [-0.4, -0.2) is 26.5 Å². The molecule has 0 aliphatic heterocycles. The van der Waals surface area contributed by atoms with Gasteiger partial charge >= 0.3 is 0 Å². The molecule has 1 heterocycles. The molecule has 0 bridgehead atoms. The van der Waals surface area contributed by atoms with Crippen molar-refractivity contribution in [2.75, 3.05) is 11.6 Å². The average Bonchev–Trinajstić information content (AvgIpc) is 3.34. The molecule has 2 N–H and O–H groups in total. The Kier molecular flexibility index (Phi) is 5.15. The van der Waals surface area contributed by atoms with Crippen LogP contribution < -0.4 is 10.6 Å². The second-order valence-electron chi connectivity index (χ2n) is 6.46. The number of carbonyl (C=O) groups excluding carboxylic acids is 2. The van der Waals surface area contributed by atoms with Gasteiger partial charge < -0.3 is 10.6 Å². The van der Waals surface area contributed by atoms with Gasteiger partial charge in [0.2, 0.25) is 5.91 Å². The Bertz CT molecular complexity index is 928. The van der Waals surface area contributed by atoms with Gasteiger partial charge in [-0.3, -0.25) is 9.59 Å². The van der Waals surface area contributed by atoms with Crippen molar-refractivity contribution in [3.05, 3.63) is 46.8 Å². The van der Waals surface area contributed by atoms with Gasteiger partial charge in [-0.2, -0.15) is 0 Å². The van der Waals surface area contributed by atoms with Crippen LogP contribution >= 0.6 is 11.3 Å². The second-order valence-corrected chi connectivity index (χ2v) is 9.56. The lowest BCUT2D eigenvalue weighted by atomic mass is 10.1. The highest BCUT2D eigenvalue weighted by Gasteiger charge is 2.30. The number of sulfone groups is 1. The van der Waals surface area contributed by atoms with E-state index in [9.17, 15) is 18.0 Å². The average molecular weight is 393 g/mol. The van der Waals surface area contributed by atoms with E-state index in [1.54, 1.807) is 24.3 Å². The summed E-state index contributed by atoms with van der Waals surface area (Å²) in [7, 11) is -3.24. The van der Waals surface area contributed by atoms with E-state index in [0.717, 1.165) is 24.7 Å². The van der Waals surface area contributed by atoms with Crippen molar-refractivity contribution < 1.29 is 18.0 Å². The summed E-state index contributed by atoms with van der Waals surface area (Å²) in [6, 6.07) is 9.58. The van der Waals surface area contributed by atoms with E-state index in [0.29, 0.717) is 9.88 Å². The molecule has 1 fully saturated rings. The van der Waals surface area contributed by atoms with E-state index < -0.39 is 9.84 Å². The lowest BCUT2D eigenvalue weighted by molar-refractivity contribution is -0.117. The zero-order valence-corrected chi connectivity index (χ0v) is 16.1. The number of anilines is 1. The van der Waals surface area contributed by atoms with Crippen LogP contribution in [0.25, 0.3) is 0 Å². The fraction of sp³-hybridized carbons (Fsp3) is 0.333. The number of hydrogen-bond donors (Lipinski definition) is 2. The summed E-state index contributed by atoms with van der Waals surface area (Å²) in [6.45, 7) is 1.83. The summed E-state index contributed by atoms with van der Waals surface area (Å²) in [5.74, 6) is -0.107. The maximum absolute atomic E-state index is 12.4. The summed E-state index contributed by atoms with van der Waals surface area (Å²) >= 11 is 1.23. The Morgan fingerprint density at radius 3 is 2.35 bits per heavy atom. The first-order valence-electron chi connectivity index (χ1n) is 8.25. The third-order valence-corrected chi connectivity index (χ3v) is 6.31. The van der Waals surface area contributed by atoms with Crippen LogP contribution in [0.15, 0.2) is 41.3 Å². The summed E-state index contributed by atoms with van der Waals surface area (Å²) in [5, 5.41) is 6.37. The summed E-state index contributed by atoms with van der Waals surface area (Å²) in [5.41, 5.74) is 0.810. The summed E-state index contributed by atoms with van der Waals surface area (Å²) in [6.07, 6.45) is 3.02. The molecule has 1 aliphatic carbocycles. The molecule has 1 saturated carbocycles. The number of carbonyl (C=O) groups is 2. The van der Waals surface area contributed by atoms with Crippen LogP contribution in [0, 0.1) is 5.92 Å². The van der Waals surface area contributed by atoms with Crippen LogP contribution in [0.2, 0.25) is 0 Å². The molecule has 6 nitrogen and oxygen atoms in total. The first kappa shape index (κ1) is 18.6. The van der Waals surface area contributed by atoms with Crippen molar-refractivity contribution in [2.45, 2.75) is 30.7 Å². The summed E-state index contributed by atoms with van der Waals surface area (Å²) in [4.78, 5) is 24.9. The predicted molar refractivity (Wildman–Crippen MR) is 101 cm³/mol. The molecule has 3 rings (SSSR count). The number of benzene rings is 1. The maximum atomic E-state index is 12.4. The Balaban J connectivity index is 1.62. The summed E-state index contributed by atoms with van der Waals surface area (Å²) < 4.78 is 23.0. The number of thiophene rings is 1. The quantitative estimate of drug-likeness (QED) is 0.790. The largest absolute Gasteiger partial charge is 0.345 e. The standard InChI is InChI=1S/C18H20N2O4S2/c1-11(12-5-7-14(8-6-12)26(2,23)24)19-18(22)15-9-10-16(25-15)20-17(21)13-3-4-13/h5-11,13H,3-4H2,1-2H3,(H,19,22)(H,20,21). The highest BCUT2D eigenvalue weighted by Crippen LogP contribution is 2.31. The van der Waals surface area contributed by atoms with Crippen molar-refractivity contribution in [3.63, 3.8) is 0 Å². The molecular formula is C18H20N2O4S2. The van der Waals surface area contributed by atoms with E-state index in [2.05, 4.69) is 10.6 Å². The number of nitrogens with one attached hydrogen (secondary N) is 2. The smallest absolute Gasteiger partial charge is 0.261 e. The number of amides is 2. The van der Waals surface area contributed by atoms with E-state index in [4.69, 9.17) is 0 Å². The Morgan fingerprint density at radius 1 is 1.12 bits per heavy atom. The highest BCUT2D eigenvalue weighted by atomic mass is 32.2. The van der Waals surface area contributed by atoms with Gasteiger partial charge in [0.25, 0.3) is 5.91 Å². The molecule has 8 heteroatoms. The normalized spacial score (nSPS) is 15.3. The lowest BCUT2D eigenvalue weighted by Crippen LogP contribution is -2.25. The minimum Gasteiger partial charge on any atom is -0.345 e. The molecule has 1 aromatic carbocycles. The maximum Gasteiger partial charge on any atom is 0.261 e. The molecule has 0 saturated heterocycles. The molecule has 1 aromatic heterocycles. The van der Waals surface area contributed by atoms with Crippen LogP contribution in [-0.2, 0) is 14.6 Å². The molecule has 2 aromatic rings. The SMILES string of the molecule is CC(NC(=O)c1ccc(NC(=O)C2CC2)s1)c1ccc(S(C)(=O)=O)cc1. The minimum atomic E-state index is -3.24. The molecule has 1 atom stereocenters. The molecule has 26 heavy (non-hydrogen) atoms. The van der Waals surface area contributed by atoms with Crippen LogP contribution in [0.3, 0.4) is 0 Å². The molecule has 1 aliphatic rings. The fourth-order valence-electron chi connectivity index (χ4n) is 2.45. The van der Waals surface area contributed by atoms with Crippen molar-refractivity contribution in [1.82, 2.24) is 5.32 Å². The van der Waals surface area contributed by atoms with E-state index >= 15 is 0 Å². The zero-order chi connectivity index (χ0) is 18.9. The third-order valence-electron chi connectivity index (χ3n) is 4.18. The van der Waals surface area contributed by atoms with E-state index in [1.165, 1.54) is 23.5 Å². The molecule has 138 valence electrons. The van der Waals surface area contributed by atoms with Gasteiger partial charge in [0.1, 0.15) is 0 Å². The zero-order valence-electron chi connectivity index (χ0n) is 14.5.